The van der Waals surface area contributed by atoms with Crippen LogP contribution in [0.3, 0.4) is 0 Å². The fourth-order valence-corrected chi connectivity index (χ4v) is 1.87. The van der Waals surface area contributed by atoms with Gasteiger partial charge in [0.1, 0.15) is 10.7 Å². The average molecular weight is 270 g/mol. The molecule has 1 N–H and O–H groups in total. The summed E-state index contributed by atoms with van der Waals surface area (Å²) in [5, 5.41) is 14.5. The molecule has 2 heterocycles. The Hall–Kier alpha value is -1.95. The highest BCUT2D eigenvalue weighted by molar-refractivity contribution is 6.32. The van der Waals surface area contributed by atoms with Crippen LogP contribution in [0.2, 0.25) is 5.02 Å². The summed E-state index contributed by atoms with van der Waals surface area (Å²) in [5.74, 6) is 0.544. The van der Waals surface area contributed by atoms with E-state index in [0.717, 1.165) is 0 Å². The van der Waals surface area contributed by atoms with Crippen LogP contribution in [0.4, 0.5) is 0 Å². The molecule has 0 atom stereocenters. The van der Waals surface area contributed by atoms with Crippen molar-refractivity contribution in [3.05, 3.63) is 17.3 Å². The first-order valence-electron chi connectivity index (χ1n) is 5.08. The lowest BCUT2D eigenvalue weighted by molar-refractivity contribution is 0.345. The van der Waals surface area contributed by atoms with E-state index < -0.39 is 0 Å². The van der Waals surface area contributed by atoms with Gasteiger partial charge in [0.05, 0.1) is 14.2 Å². The summed E-state index contributed by atoms with van der Waals surface area (Å²) in [6.07, 6.45) is 1.52. The molecule has 18 heavy (non-hydrogen) atoms. The molecule has 0 fully saturated rings. The lowest BCUT2D eigenvalue weighted by atomic mass is 10.2. The van der Waals surface area contributed by atoms with Gasteiger partial charge in [0, 0.05) is 18.8 Å². The number of aromatic nitrogens is 3. The standard InChI is InChI=1S/C11H12ClN3O3/c1-15-11(18-3)9(16)8(14-15)6-4-7(12)10(17-2)13-5-6/h4-5,16H,1-3H3. The summed E-state index contributed by atoms with van der Waals surface area (Å²) in [6.45, 7) is 0. The summed E-state index contributed by atoms with van der Waals surface area (Å²) < 4.78 is 11.4. The fourth-order valence-electron chi connectivity index (χ4n) is 1.63. The number of nitrogens with zero attached hydrogens (tertiary/aromatic N) is 3. The van der Waals surface area contributed by atoms with Gasteiger partial charge < -0.3 is 14.6 Å². The lowest BCUT2D eigenvalue weighted by Gasteiger charge is -2.03. The molecule has 0 aliphatic rings. The topological polar surface area (TPSA) is 69.4 Å². The van der Waals surface area contributed by atoms with Crippen molar-refractivity contribution in [2.75, 3.05) is 14.2 Å². The number of methoxy groups -OCH3 is 2. The van der Waals surface area contributed by atoms with E-state index in [2.05, 4.69) is 10.1 Å². The van der Waals surface area contributed by atoms with Crippen LogP contribution in [0, 0.1) is 0 Å². The van der Waals surface area contributed by atoms with Crippen molar-refractivity contribution in [2.24, 2.45) is 7.05 Å². The number of hydrogen-bond acceptors (Lipinski definition) is 5. The van der Waals surface area contributed by atoms with E-state index in [0.29, 0.717) is 22.2 Å². The largest absolute Gasteiger partial charge is 0.502 e. The highest BCUT2D eigenvalue weighted by atomic mass is 35.5. The summed E-state index contributed by atoms with van der Waals surface area (Å²) >= 11 is 5.98. The Morgan fingerprint density at radius 1 is 1.33 bits per heavy atom. The molecule has 0 bridgehead atoms. The summed E-state index contributed by atoms with van der Waals surface area (Å²) in [7, 11) is 4.61. The first kappa shape index (κ1) is 12.5. The molecule has 6 nitrogen and oxygen atoms in total. The van der Waals surface area contributed by atoms with Crippen molar-refractivity contribution in [3.8, 4) is 28.8 Å². The average Bonchev–Trinajstić information content (AvgIpc) is 2.64. The third-order valence-corrected chi connectivity index (χ3v) is 2.71. The summed E-state index contributed by atoms with van der Waals surface area (Å²) in [6, 6.07) is 1.62. The first-order valence-corrected chi connectivity index (χ1v) is 5.46. The maximum Gasteiger partial charge on any atom is 0.255 e. The molecule has 96 valence electrons. The Morgan fingerprint density at radius 2 is 2.06 bits per heavy atom. The van der Waals surface area contributed by atoms with Crippen LogP contribution >= 0.6 is 11.6 Å². The van der Waals surface area contributed by atoms with Gasteiger partial charge in [-0.05, 0) is 6.07 Å². The van der Waals surface area contributed by atoms with Gasteiger partial charge in [-0.2, -0.15) is 5.10 Å². The number of aryl methyl sites for hydroxylation is 1. The minimum absolute atomic E-state index is 0.0527. The van der Waals surface area contributed by atoms with Crippen LogP contribution in [0.1, 0.15) is 0 Å². The maximum atomic E-state index is 9.97. The van der Waals surface area contributed by atoms with Gasteiger partial charge in [0.15, 0.2) is 0 Å². The predicted octanol–water partition coefficient (Wildman–Crippen LogP) is 1.86. The minimum Gasteiger partial charge on any atom is -0.502 e. The molecule has 2 rings (SSSR count). The van der Waals surface area contributed by atoms with Crippen molar-refractivity contribution >= 4 is 11.6 Å². The molecular formula is C11H12ClN3O3. The Balaban J connectivity index is 2.52. The monoisotopic (exact) mass is 269 g/mol. The molecule has 0 unspecified atom stereocenters. The van der Waals surface area contributed by atoms with Crippen LogP contribution in [0.5, 0.6) is 17.5 Å². The number of aromatic hydroxyl groups is 1. The molecule has 0 radical (unpaired) electrons. The van der Waals surface area contributed by atoms with Gasteiger partial charge in [-0.25, -0.2) is 9.67 Å². The van der Waals surface area contributed by atoms with Crippen LogP contribution in [0.15, 0.2) is 12.3 Å². The van der Waals surface area contributed by atoms with Crippen LogP contribution < -0.4 is 9.47 Å². The number of hydrogen-bond donors (Lipinski definition) is 1. The molecular weight excluding hydrogens is 258 g/mol. The van der Waals surface area contributed by atoms with Crippen molar-refractivity contribution in [1.82, 2.24) is 14.8 Å². The van der Waals surface area contributed by atoms with Gasteiger partial charge >= 0.3 is 0 Å². The lowest BCUT2D eigenvalue weighted by Crippen LogP contribution is -1.95. The molecule has 0 amide bonds. The van der Waals surface area contributed by atoms with Gasteiger partial charge in [-0.1, -0.05) is 11.6 Å². The molecule has 0 saturated heterocycles. The third kappa shape index (κ3) is 1.95. The molecule has 0 aliphatic heterocycles. The number of halogens is 1. The van der Waals surface area contributed by atoms with E-state index in [1.807, 2.05) is 0 Å². The zero-order chi connectivity index (χ0) is 13.3. The zero-order valence-electron chi connectivity index (χ0n) is 10.1. The molecule has 0 aromatic carbocycles. The second kappa shape index (κ2) is 4.73. The second-order valence-corrected chi connectivity index (χ2v) is 3.95. The van der Waals surface area contributed by atoms with Gasteiger partial charge in [-0.3, -0.25) is 0 Å². The number of pyridine rings is 1. The van der Waals surface area contributed by atoms with E-state index in [1.54, 1.807) is 13.1 Å². The minimum atomic E-state index is -0.0527. The molecule has 2 aromatic heterocycles. The van der Waals surface area contributed by atoms with E-state index >= 15 is 0 Å². The van der Waals surface area contributed by atoms with Crippen molar-refractivity contribution < 1.29 is 14.6 Å². The van der Waals surface area contributed by atoms with E-state index in [4.69, 9.17) is 21.1 Å². The van der Waals surface area contributed by atoms with Gasteiger partial charge in [0.25, 0.3) is 5.88 Å². The highest BCUT2D eigenvalue weighted by Gasteiger charge is 2.18. The van der Waals surface area contributed by atoms with Crippen LogP contribution in [0.25, 0.3) is 11.3 Å². The Kier molecular flexibility index (Phi) is 3.29. The number of ether oxygens (including phenoxy) is 2. The molecule has 2 aromatic rings. The van der Waals surface area contributed by atoms with Crippen molar-refractivity contribution in [1.29, 1.82) is 0 Å². The molecule has 0 aliphatic carbocycles. The van der Waals surface area contributed by atoms with Crippen molar-refractivity contribution in [2.45, 2.75) is 0 Å². The van der Waals surface area contributed by atoms with Crippen molar-refractivity contribution in [3.63, 3.8) is 0 Å². The van der Waals surface area contributed by atoms with E-state index in [-0.39, 0.29) is 11.6 Å². The first-order chi connectivity index (χ1) is 8.58. The summed E-state index contributed by atoms with van der Waals surface area (Å²) in [5.41, 5.74) is 0.934. The SMILES string of the molecule is COc1ncc(-c2nn(C)c(OC)c2O)cc1Cl. The van der Waals surface area contributed by atoms with Crippen LogP contribution in [-0.4, -0.2) is 34.1 Å². The van der Waals surface area contributed by atoms with Gasteiger partial charge in [0.2, 0.25) is 11.6 Å². The Labute approximate surface area is 109 Å². The fraction of sp³-hybridized carbons (Fsp3) is 0.273. The summed E-state index contributed by atoms with van der Waals surface area (Å²) in [4.78, 5) is 4.02. The molecule has 0 spiro atoms. The second-order valence-electron chi connectivity index (χ2n) is 3.55. The normalized spacial score (nSPS) is 10.4. The quantitative estimate of drug-likeness (QED) is 0.921. The third-order valence-electron chi connectivity index (χ3n) is 2.44. The maximum absolute atomic E-state index is 9.97. The molecule has 0 saturated carbocycles. The van der Waals surface area contributed by atoms with Gasteiger partial charge in [-0.15, -0.1) is 0 Å². The molecule has 7 heteroatoms. The van der Waals surface area contributed by atoms with E-state index in [1.165, 1.54) is 25.1 Å². The Bertz CT molecular complexity index is 583. The number of rotatable bonds is 3. The van der Waals surface area contributed by atoms with Crippen LogP contribution in [-0.2, 0) is 7.05 Å². The highest BCUT2D eigenvalue weighted by Crippen LogP contribution is 2.37. The smallest absolute Gasteiger partial charge is 0.255 e. The zero-order valence-corrected chi connectivity index (χ0v) is 10.9. The van der Waals surface area contributed by atoms with E-state index in [9.17, 15) is 5.11 Å². The Morgan fingerprint density at radius 3 is 2.56 bits per heavy atom. The predicted molar refractivity (Wildman–Crippen MR) is 66.2 cm³/mol.